The molecular weight excluding hydrogens is 548 g/mol. The summed E-state index contributed by atoms with van der Waals surface area (Å²) in [5.41, 5.74) is 5.02. The van der Waals surface area contributed by atoms with E-state index in [1.54, 1.807) is 0 Å². The predicted molar refractivity (Wildman–Crippen MR) is 180 cm³/mol. The minimum atomic E-state index is -0.255. The largest absolute Gasteiger partial charge is 0.494 e. The molecule has 0 saturated heterocycles. The van der Waals surface area contributed by atoms with Gasteiger partial charge in [0.1, 0.15) is 5.75 Å². The normalized spacial score (nSPS) is 11.6. The Morgan fingerprint density at radius 3 is 1.68 bits per heavy atom. The third-order valence-corrected chi connectivity index (χ3v) is 7.85. The molecule has 3 aromatic carbocycles. The fourth-order valence-electron chi connectivity index (χ4n) is 5.09. The SMILES string of the molecule is CCCCCC[C@H](C)OC(=O)c1ccc(-c2ccc(-c3ccc(OCCCCCCOC(=O)CCCCC)cc3)cc2)cc1. The summed E-state index contributed by atoms with van der Waals surface area (Å²) in [6.45, 7) is 7.51. The summed E-state index contributed by atoms with van der Waals surface area (Å²) in [7, 11) is 0. The lowest BCUT2D eigenvalue weighted by Gasteiger charge is -2.13. The second-order valence-corrected chi connectivity index (χ2v) is 11.7. The van der Waals surface area contributed by atoms with Crippen LogP contribution in [-0.2, 0) is 14.3 Å². The fourth-order valence-corrected chi connectivity index (χ4v) is 5.09. The fraction of sp³-hybridized carbons (Fsp3) is 0.487. The Morgan fingerprint density at radius 1 is 0.591 bits per heavy atom. The summed E-state index contributed by atoms with van der Waals surface area (Å²) in [6.07, 6.45) is 13.2. The molecule has 0 fully saturated rings. The van der Waals surface area contributed by atoms with Crippen molar-refractivity contribution in [1.29, 1.82) is 0 Å². The van der Waals surface area contributed by atoms with Crippen molar-refractivity contribution >= 4 is 11.9 Å². The van der Waals surface area contributed by atoms with E-state index >= 15 is 0 Å². The van der Waals surface area contributed by atoms with Crippen LogP contribution in [-0.4, -0.2) is 31.3 Å². The molecule has 0 radical (unpaired) electrons. The Balaban J connectivity index is 1.36. The first-order valence-electron chi connectivity index (χ1n) is 16.8. The van der Waals surface area contributed by atoms with E-state index < -0.39 is 0 Å². The summed E-state index contributed by atoms with van der Waals surface area (Å²) in [4.78, 5) is 24.2. The van der Waals surface area contributed by atoms with E-state index in [2.05, 4.69) is 50.2 Å². The molecule has 1 atom stereocenters. The van der Waals surface area contributed by atoms with Crippen LogP contribution in [0.5, 0.6) is 5.75 Å². The van der Waals surface area contributed by atoms with Gasteiger partial charge in [-0.25, -0.2) is 4.79 Å². The Morgan fingerprint density at radius 2 is 1.09 bits per heavy atom. The summed E-state index contributed by atoms with van der Waals surface area (Å²) >= 11 is 0. The maximum absolute atomic E-state index is 12.5. The van der Waals surface area contributed by atoms with Crippen LogP contribution in [0, 0.1) is 0 Å². The monoisotopic (exact) mass is 600 g/mol. The molecule has 5 nitrogen and oxygen atoms in total. The molecule has 0 saturated carbocycles. The predicted octanol–water partition coefficient (Wildman–Crippen LogP) is 10.6. The summed E-state index contributed by atoms with van der Waals surface area (Å²) in [5, 5.41) is 0. The third kappa shape index (κ3) is 13.0. The average Bonchev–Trinajstić information content (AvgIpc) is 3.05. The lowest BCUT2D eigenvalue weighted by molar-refractivity contribution is -0.143. The number of carbonyl (C=O) groups is 2. The number of hydrogen-bond donors (Lipinski definition) is 0. The molecule has 3 aromatic rings. The quantitative estimate of drug-likeness (QED) is 0.0899. The van der Waals surface area contributed by atoms with Crippen LogP contribution < -0.4 is 4.74 Å². The second kappa shape index (κ2) is 20.4. The van der Waals surface area contributed by atoms with Gasteiger partial charge in [-0.05, 0) is 98.4 Å². The van der Waals surface area contributed by atoms with Gasteiger partial charge in [-0.1, -0.05) is 94.5 Å². The van der Waals surface area contributed by atoms with Gasteiger partial charge in [0.25, 0.3) is 0 Å². The van der Waals surface area contributed by atoms with Gasteiger partial charge in [0, 0.05) is 6.42 Å². The molecule has 0 aliphatic heterocycles. The van der Waals surface area contributed by atoms with Gasteiger partial charge in [-0.2, -0.15) is 0 Å². The zero-order chi connectivity index (χ0) is 31.4. The summed E-state index contributed by atoms with van der Waals surface area (Å²) in [6, 6.07) is 24.3. The van der Waals surface area contributed by atoms with Gasteiger partial charge in [0.05, 0.1) is 24.9 Å². The van der Waals surface area contributed by atoms with Gasteiger partial charge in [-0.15, -0.1) is 0 Å². The molecule has 5 heteroatoms. The van der Waals surface area contributed by atoms with Gasteiger partial charge in [0.2, 0.25) is 0 Å². The first-order valence-corrected chi connectivity index (χ1v) is 16.8. The van der Waals surface area contributed by atoms with E-state index in [1.807, 2.05) is 43.3 Å². The molecule has 238 valence electrons. The van der Waals surface area contributed by atoms with E-state index in [-0.39, 0.29) is 18.0 Å². The topological polar surface area (TPSA) is 61.8 Å². The minimum absolute atomic E-state index is 0.0626. The van der Waals surface area contributed by atoms with Crippen molar-refractivity contribution in [2.45, 2.75) is 110 Å². The maximum atomic E-state index is 12.5. The highest BCUT2D eigenvalue weighted by molar-refractivity contribution is 5.90. The Bertz CT molecular complexity index is 1210. The first-order chi connectivity index (χ1) is 21.5. The zero-order valence-electron chi connectivity index (χ0n) is 27.2. The average molecular weight is 601 g/mol. The smallest absolute Gasteiger partial charge is 0.338 e. The Kier molecular flexibility index (Phi) is 16.2. The molecule has 0 spiro atoms. The van der Waals surface area contributed by atoms with Crippen molar-refractivity contribution in [3.63, 3.8) is 0 Å². The van der Waals surface area contributed by atoms with Crippen LogP contribution in [0.2, 0.25) is 0 Å². The van der Waals surface area contributed by atoms with E-state index in [0.29, 0.717) is 25.2 Å². The van der Waals surface area contributed by atoms with Crippen LogP contribution in [0.15, 0.2) is 72.8 Å². The molecule has 0 aliphatic rings. The number of benzene rings is 3. The van der Waals surface area contributed by atoms with E-state index in [4.69, 9.17) is 14.2 Å². The lowest BCUT2D eigenvalue weighted by atomic mass is 9.99. The van der Waals surface area contributed by atoms with Crippen molar-refractivity contribution < 1.29 is 23.8 Å². The molecule has 0 amide bonds. The van der Waals surface area contributed by atoms with Crippen molar-refractivity contribution in [2.24, 2.45) is 0 Å². The van der Waals surface area contributed by atoms with Crippen LogP contribution in [0.3, 0.4) is 0 Å². The molecule has 0 unspecified atom stereocenters. The third-order valence-electron chi connectivity index (χ3n) is 7.85. The molecular formula is C39H52O5. The highest BCUT2D eigenvalue weighted by atomic mass is 16.5. The standard InChI is InChI=1S/C39H52O5/c1-4-6-8-12-15-31(3)44-39(41)36-23-21-34(22-24-36)32-17-19-33(20-18-32)35-25-27-37(28-26-35)42-29-13-9-10-14-30-43-38(40)16-11-7-5-2/h17-28,31H,4-16,29-30H2,1-3H3/t31-/m0/s1. The van der Waals surface area contributed by atoms with Crippen molar-refractivity contribution in [1.82, 2.24) is 0 Å². The first kappa shape index (κ1) is 34.9. The van der Waals surface area contributed by atoms with Crippen LogP contribution >= 0.6 is 0 Å². The van der Waals surface area contributed by atoms with Gasteiger partial charge in [-0.3, -0.25) is 4.79 Å². The van der Waals surface area contributed by atoms with E-state index in [9.17, 15) is 9.59 Å². The molecule has 0 N–H and O–H groups in total. The zero-order valence-corrected chi connectivity index (χ0v) is 27.2. The number of ether oxygens (including phenoxy) is 3. The van der Waals surface area contributed by atoms with Crippen LogP contribution in [0.4, 0.5) is 0 Å². The maximum Gasteiger partial charge on any atom is 0.338 e. The number of hydrogen-bond acceptors (Lipinski definition) is 5. The molecule has 3 rings (SSSR count). The molecule has 0 bridgehead atoms. The van der Waals surface area contributed by atoms with Crippen LogP contribution in [0.1, 0.15) is 115 Å². The number of esters is 2. The van der Waals surface area contributed by atoms with E-state index in [1.165, 1.54) is 19.3 Å². The van der Waals surface area contributed by atoms with Crippen molar-refractivity contribution in [2.75, 3.05) is 13.2 Å². The molecule has 0 aliphatic carbocycles. The van der Waals surface area contributed by atoms with Crippen LogP contribution in [0.25, 0.3) is 22.3 Å². The van der Waals surface area contributed by atoms with Gasteiger partial charge in [0.15, 0.2) is 0 Å². The van der Waals surface area contributed by atoms with Crippen molar-refractivity contribution in [3.8, 4) is 28.0 Å². The Labute approximate surface area is 265 Å². The van der Waals surface area contributed by atoms with Gasteiger partial charge < -0.3 is 14.2 Å². The molecule has 0 aromatic heterocycles. The second-order valence-electron chi connectivity index (χ2n) is 11.7. The van der Waals surface area contributed by atoms with E-state index in [0.717, 1.165) is 85.8 Å². The number of unbranched alkanes of at least 4 members (excludes halogenated alkanes) is 8. The highest BCUT2D eigenvalue weighted by Crippen LogP contribution is 2.27. The number of carbonyl (C=O) groups excluding carboxylic acids is 2. The summed E-state index contributed by atoms with van der Waals surface area (Å²) < 4.78 is 16.9. The Hall–Kier alpha value is -3.60. The van der Waals surface area contributed by atoms with Crippen molar-refractivity contribution in [3.05, 3.63) is 78.4 Å². The molecule has 0 heterocycles. The number of rotatable bonds is 21. The molecule has 44 heavy (non-hydrogen) atoms. The highest BCUT2D eigenvalue weighted by Gasteiger charge is 2.12. The lowest BCUT2D eigenvalue weighted by Crippen LogP contribution is -2.15. The summed E-state index contributed by atoms with van der Waals surface area (Å²) in [5.74, 6) is 0.551. The minimum Gasteiger partial charge on any atom is -0.494 e. The van der Waals surface area contributed by atoms with Gasteiger partial charge >= 0.3 is 11.9 Å².